The summed E-state index contributed by atoms with van der Waals surface area (Å²) in [6.45, 7) is 0. The van der Waals surface area contributed by atoms with Crippen LogP contribution >= 0.6 is 12.4 Å². The molecule has 0 radical (unpaired) electrons. The Morgan fingerprint density at radius 3 is 2.58 bits per heavy atom. The zero-order chi connectivity index (χ0) is 7.68. The van der Waals surface area contributed by atoms with Gasteiger partial charge >= 0.3 is 0 Å². The normalized spacial score (nSPS) is 17.7. The third-order valence-electron chi connectivity index (χ3n) is 2.32. The summed E-state index contributed by atoms with van der Waals surface area (Å²) >= 11 is 0. The highest BCUT2D eigenvalue weighted by atomic mass is 35.5. The zero-order valence-electron chi connectivity index (χ0n) is 6.94. The van der Waals surface area contributed by atoms with Crippen LogP contribution in [0.15, 0.2) is 12.4 Å². The van der Waals surface area contributed by atoms with E-state index in [1.165, 1.54) is 25.7 Å². The molecule has 4 heteroatoms. The van der Waals surface area contributed by atoms with E-state index < -0.39 is 0 Å². The van der Waals surface area contributed by atoms with E-state index in [2.05, 4.69) is 5.10 Å². The third kappa shape index (κ3) is 1.72. The van der Waals surface area contributed by atoms with Gasteiger partial charge in [-0.1, -0.05) is 12.8 Å². The van der Waals surface area contributed by atoms with E-state index in [0.717, 1.165) is 5.69 Å². The van der Waals surface area contributed by atoms with E-state index in [4.69, 9.17) is 5.73 Å². The van der Waals surface area contributed by atoms with Crippen LogP contribution in [-0.2, 0) is 0 Å². The molecule has 0 bridgehead atoms. The van der Waals surface area contributed by atoms with Crippen LogP contribution in [0.4, 0.5) is 5.69 Å². The van der Waals surface area contributed by atoms with E-state index in [0.29, 0.717) is 6.04 Å². The van der Waals surface area contributed by atoms with Crippen molar-refractivity contribution in [2.24, 2.45) is 0 Å². The molecule has 1 heterocycles. The van der Waals surface area contributed by atoms with Crippen LogP contribution in [-0.4, -0.2) is 9.78 Å². The summed E-state index contributed by atoms with van der Waals surface area (Å²) < 4.78 is 2.00. The molecule has 2 N–H and O–H groups in total. The molecule has 0 saturated heterocycles. The van der Waals surface area contributed by atoms with Gasteiger partial charge in [0.2, 0.25) is 0 Å². The summed E-state index contributed by atoms with van der Waals surface area (Å²) in [7, 11) is 0. The topological polar surface area (TPSA) is 43.8 Å². The van der Waals surface area contributed by atoms with E-state index in [1.807, 2.05) is 10.9 Å². The molecule has 12 heavy (non-hydrogen) atoms. The van der Waals surface area contributed by atoms with Crippen molar-refractivity contribution in [1.29, 1.82) is 0 Å². The summed E-state index contributed by atoms with van der Waals surface area (Å²) in [5.41, 5.74) is 6.34. The molecule has 0 aromatic carbocycles. The third-order valence-corrected chi connectivity index (χ3v) is 2.32. The van der Waals surface area contributed by atoms with Crippen molar-refractivity contribution in [2.75, 3.05) is 5.73 Å². The van der Waals surface area contributed by atoms with Crippen LogP contribution in [0.1, 0.15) is 31.7 Å². The molecule has 1 aliphatic rings. The van der Waals surface area contributed by atoms with Gasteiger partial charge in [0.15, 0.2) is 0 Å². The fraction of sp³-hybridized carbons (Fsp3) is 0.625. The smallest absolute Gasteiger partial charge is 0.0719 e. The van der Waals surface area contributed by atoms with Crippen LogP contribution in [0.25, 0.3) is 0 Å². The summed E-state index contributed by atoms with van der Waals surface area (Å²) in [6, 6.07) is 0.618. The Kier molecular flexibility index (Phi) is 2.98. The fourth-order valence-corrected chi connectivity index (χ4v) is 1.72. The first-order chi connectivity index (χ1) is 5.36. The number of aromatic nitrogens is 2. The molecule has 0 spiro atoms. The minimum Gasteiger partial charge on any atom is -0.396 e. The number of rotatable bonds is 1. The van der Waals surface area contributed by atoms with E-state index in [9.17, 15) is 0 Å². The molecular formula is C8H14ClN3. The van der Waals surface area contributed by atoms with Gasteiger partial charge < -0.3 is 5.73 Å². The van der Waals surface area contributed by atoms with Crippen molar-refractivity contribution in [3.63, 3.8) is 0 Å². The molecule has 2 rings (SSSR count). The fourth-order valence-electron chi connectivity index (χ4n) is 1.72. The lowest BCUT2D eigenvalue weighted by Crippen LogP contribution is -2.04. The molecule has 0 unspecified atom stereocenters. The van der Waals surface area contributed by atoms with Gasteiger partial charge in [0.1, 0.15) is 0 Å². The molecule has 0 amide bonds. The predicted octanol–water partition coefficient (Wildman–Crippen LogP) is 2.00. The van der Waals surface area contributed by atoms with Crippen LogP contribution in [0, 0.1) is 0 Å². The minimum absolute atomic E-state index is 0. The summed E-state index contributed by atoms with van der Waals surface area (Å²) in [6.07, 6.45) is 8.85. The Balaban J connectivity index is 0.000000720. The van der Waals surface area contributed by atoms with Crippen LogP contribution in [0.3, 0.4) is 0 Å². The Hall–Kier alpha value is -0.700. The number of anilines is 1. The van der Waals surface area contributed by atoms with Crippen molar-refractivity contribution in [2.45, 2.75) is 31.7 Å². The van der Waals surface area contributed by atoms with Gasteiger partial charge in [0.25, 0.3) is 0 Å². The lowest BCUT2D eigenvalue weighted by atomic mass is 10.3. The number of nitrogens with zero attached hydrogens (tertiary/aromatic N) is 2. The van der Waals surface area contributed by atoms with Gasteiger partial charge in [-0.05, 0) is 12.8 Å². The van der Waals surface area contributed by atoms with Crippen LogP contribution < -0.4 is 5.73 Å². The quantitative estimate of drug-likeness (QED) is 0.731. The summed E-state index contributed by atoms with van der Waals surface area (Å²) in [5.74, 6) is 0. The van der Waals surface area contributed by atoms with Gasteiger partial charge in [0.05, 0.1) is 17.9 Å². The highest BCUT2D eigenvalue weighted by Crippen LogP contribution is 2.28. The lowest BCUT2D eigenvalue weighted by molar-refractivity contribution is 0.467. The lowest BCUT2D eigenvalue weighted by Gasteiger charge is -2.07. The van der Waals surface area contributed by atoms with Crippen molar-refractivity contribution < 1.29 is 0 Å². The van der Waals surface area contributed by atoms with Crippen molar-refractivity contribution in [1.82, 2.24) is 9.78 Å². The first kappa shape index (κ1) is 9.39. The van der Waals surface area contributed by atoms with Gasteiger partial charge in [-0.25, -0.2) is 0 Å². The van der Waals surface area contributed by atoms with Gasteiger partial charge in [-0.3, -0.25) is 4.68 Å². The molecular weight excluding hydrogens is 174 g/mol. The van der Waals surface area contributed by atoms with E-state index in [1.54, 1.807) is 6.20 Å². The first-order valence-corrected chi connectivity index (χ1v) is 4.16. The minimum atomic E-state index is 0. The summed E-state index contributed by atoms with van der Waals surface area (Å²) in [5, 5.41) is 4.19. The molecule has 1 fully saturated rings. The van der Waals surface area contributed by atoms with Gasteiger partial charge in [0, 0.05) is 6.20 Å². The molecule has 3 nitrogen and oxygen atoms in total. The van der Waals surface area contributed by atoms with Gasteiger partial charge in [-0.2, -0.15) is 5.10 Å². The average Bonchev–Trinajstić information content (AvgIpc) is 2.55. The molecule has 0 atom stereocenters. The maximum atomic E-state index is 5.56. The number of hydrogen-bond donors (Lipinski definition) is 1. The molecule has 1 aromatic heterocycles. The average molecular weight is 188 g/mol. The Bertz CT molecular complexity index is 240. The molecule has 1 aliphatic carbocycles. The maximum absolute atomic E-state index is 5.56. The molecule has 68 valence electrons. The largest absolute Gasteiger partial charge is 0.396 e. The predicted molar refractivity (Wildman–Crippen MR) is 51.4 cm³/mol. The first-order valence-electron chi connectivity index (χ1n) is 4.16. The number of nitrogens with two attached hydrogens (primary N) is 1. The second-order valence-corrected chi connectivity index (χ2v) is 3.19. The Morgan fingerprint density at radius 2 is 2.08 bits per heavy atom. The van der Waals surface area contributed by atoms with Crippen LogP contribution in [0.5, 0.6) is 0 Å². The second kappa shape index (κ2) is 3.81. The number of nitrogen functional groups attached to an aromatic ring is 1. The van der Waals surface area contributed by atoms with E-state index in [-0.39, 0.29) is 12.4 Å². The number of halogens is 1. The van der Waals surface area contributed by atoms with E-state index >= 15 is 0 Å². The van der Waals surface area contributed by atoms with Crippen molar-refractivity contribution in [3.05, 3.63) is 12.4 Å². The SMILES string of the molecule is Cl.Nc1cnn(C2CCCC2)c1. The Labute approximate surface area is 78.4 Å². The molecule has 1 saturated carbocycles. The van der Waals surface area contributed by atoms with Gasteiger partial charge in [-0.15, -0.1) is 12.4 Å². The highest BCUT2D eigenvalue weighted by Gasteiger charge is 2.16. The zero-order valence-corrected chi connectivity index (χ0v) is 7.76. The molecule has 0 aliphatic heterocycles. The van der Waals surface area contributed by atoms with Crippen LogP contribution in [0.2, 0.25) is 0 Å². The second-order valence-electron chi connectivity index (χ2n) is 3.19. The van der Waals surface area contributed by atoms with Crippen molar-refractivity contribution >= 4 is 18.1 Å². The Morgan fingerprint density at radius 1 is 1.42 bits per heavy atom. The standard InChI is InChI=1S/C8H13N3.ClH/c9-7-5-10-11(6-7)8-3-1-2-4-8;/h5-6,8H,1-4,9H2;1H. The molecule has 1 aromatic rings. The highest BCUT2D eigenvalue weighted by molar-refractivity contribution is 5.85. The monoisotopic (exact) mass is 187 g/mol. The number of hydrogen-bond acceptors (Lipinski definition) is 2. The van der Waals surface area contributed by atoms with Crippen molar-refractivity contribution in [3.8, 4) is 0 Å². The maximum Gasteiger partial charge on any atom is 0.0719 e. The summed E-state index contributed by atoms with van der Waals surface area (Å²) in [4.78, 5) is 0.